The molecule has 0 unspecified atom stereocenters. The number of nitriles is 1. The van der Waals surface area contributed by atoms with E-state index in [2.05, 4.69) is 11.1 Å². The average Bonchev–Trinajstić information content (AvgIpc) is 2.78. The van der Waals surface area contributed by atoms with Crippen LogP contribution in [0, 0.1) is 18.3 Å². The molecule has 0 aliphatic carbocycles. The first kappa shape index (κ1) is 20.8. The predicted octanol–water partition coefficient (Wildman–Crippen LogP) is 4.21. The van der Waals surface area contributed by atoms with Crippen LogP contribution in [0.2, 0.25) is 0 Å². The van der Waals surface area contributed by atoms with Crippen LogP contribution in [0.15, 0.2) is 36.4 Å². The standard InChI is InChI=1S/C23H23N3O4/c1-13-19(16-10-11-18(28-3)22(30-5)21(16)29-4)17(12-24)23(25)26-20(13)14-6-8-15(27-2)9-7-14/h6-11H,1-5H3,(H2,25,26). The Hall–Kier alpha value is -3.92. The van der Waals surface area contributed by atoms with E-state index in [0.29, 0.717) is 34.1 Å². The number of methoxy groups -OCH3 is 4. The number of hydrogen-bond donors (Lipinski definition) is 1. The third-order valence-corrected chi connectivity index (χ3v) is 4.92. The molecular weight excluding hydrogens is 382 g/mol. The van der Waals surface area contributed by atoms with E-state index in [1.165, 1.54) is 14.2 Å². The van der Waals surface area contributed by atoms with Crippen molar-refractivity contribution in [2.24, 2.45) is 0 Å². The minimum absolute atomic E-state index is 0.140. The van der Waals surface area contributed by atoms with Gasteiger partial charge in [0.1, 0.15) is 23.2 Å². The Labute approximate surface area is 175 Å². The molecule has 0 radical (unpaired) electrons. The molecule has 3 aromatic rings. The quantitative estimate of drug-likeness (QED) is 0.655. The molecule has 1 aromatic heterocycles. The van der Waals surface area contributed by atoms with Crippen molar-refractivity contribution < 1.29 is 18.9 Å². The van der Waals surface area contributed by atoms with Crippen LogP contribution in [0.3, 0.4) is 0 Å². The van der Waals surface area contributed by atoms with Crippen LogP contribution in [0.5, 0.6) is 23.0 Å². The lowest BCUT2D eigenvalue weighted by Gasteiger charge is -2.20. The Balaban J connectivity index is 2.35. The maximum atomic E-state index is 9.82. The van der Waals surface area contributed by atoms with Crippen molar-refractivity contribution in [1.29, 1.82) is 5.26 Å². The number of aromatic nitrogens is 1. The van der Waals surface area contributed by atoms with Gasteiger partial charge in [-0.15, -0.1) is 0 Å². The van der Waals surface area contributed by atoms with E-state index < -0.39 is 0 Å². The number of nitrogens with zero attached hydrogens (tertiary/aromatic N) is 2. The lowest BCUT2D eigenvalue weighted by molar-refractivity contribution is 0.325. The Kier molecular flexibility index (Phi) is 5.98. The Morgan fingerprint density at radius 3 is 2.07 bits per heavy atom. The summed E-state index contributed by atoms with van der Waals surface area (Å²) in [5.74, 6) is 2.28. The van der Waals surface area contributed by atoms with Gasteiger partial charge >= 0.3 is 0 Å². The third kappa shape index (κ3) is 3.44. The molecule has 0 amide bonds. The zero-order valence-corrected chi connectivity index (χ0v) is 17.6. The second kappa shape index (κ2) is 8.62. The summed E-state index contributed by atoms with van der Waals surface area (Å²) in [5.41, 5.74) is 10.1. The van der Waals surface area contributed by atoms with E-state index in [1.807, 2.05) is 37.3 Å². The van der Waals surface area contributed by atoms with Gasteiger partial charge in [-0.2, -0.15) is 5.26 Å². The first-order valence-electron chi connectivity index (χ1n) is 9.14. The van der Waals surface area contributed by atoms with Gasteiger partial charge in [-0.25, -0.2) is 4.98 Å². The fraction of sp³-hybridized carbons (Fsp3) is 0.217. The number of nitrogens with two attached hydrogens (primary N) is 1. The Morgan fingerprint density at radius 1 is 0.867 bits per heavy atom. The molecule has 0 atom stereocenters. The zero-order chi connectivity index (χ0) is 21.8. The molecule has 0 aliphatic heterocycles. The van der Waals surface area contributed by atoms with Gasteiger partial charge in [0.15, 0.2) is 11.5 Å². The molecule has 154 valence electrons. The van der Waals surface area contributed by atoms with E-state index in [9.17, 15) is 5.26 Å². The fourth-order valence-electron chi connectivity index (χ4n) is 3.47. The second-order valence-electron chi connectivity index (χ2n) is 6.44. The van der Waals surface area contributed by atoms with Crippen LogP contribution in [0.4, 0.5) is 5.82 Å². The lowest BCUT2D eigenvalue weighted by atomic mass is 9.92. The summed E-state index contributed by atoms with van der Waals surface area (Å²) < 4.78 is 21.8. The Bertz CT molecular complexity index is 1120. The Morgan fingerprint density at radius 2 is 1.53 bits per heavy atom. The summed E-state index contributed by atoms with van der Waals surface area (Å²) in [6.45, 7) is 1.90. The molecule has 30 heavy (non-hydrogen) atoms. The highest BCUT2D eigenvalue weighted by Gasteiger charge is 2.24. The molecule has 0 saturated carbocycles. The van der Waals surface area contributed by atoms with Crippen LogP contribution in [0.25, 0.3) is 22.4 Å². The number of pyridine rings is 1. The molecule has 0 bridgehead atoms. The van der Waals surface area contributed by atoms with Crippen LogP contribution < -0.4 is 24.7 Å². The van der Waals surface area contributed by atoms with Crippen LogP contribution in [-0.2, 0) is 0 Å². The van der Waals surface area contributed by atoms with Crippen molar-refractivity contribution in [2.75, 3.05) is 34.2 Å². The molecule has 0 saturated heterocycles. The molecule has 7 heteroatoms. The number of rotatable bonds is 6. The summed E-state index contributed by atoms with van der Waals surface area (Å²) in [7, 11) is 6.23. The van der Waals surface area contributed by atoms with Gasteiger partial charge in [0, 0.05) is 16.7 Å². The molecule has 0 spiro atoms. The number of hydrogen-bond acceptors (Lipinski definition) is 7. The van der Waals surface area contributed by atoms with Gasteiger partial charge in [-0.1, -0.05) is 0 Å². The SMILES string of the molecule is COc1ccc(-c2nc(N)c(C#N)c(-c3ccc(OC)c(OC)c3OC)c2C)cc1. The fourth-order valence-corrected chi connectivity index (χ4v) is 3.47. The van der Waals surface area contributed by atoms with Crippen molar-refractivity contribution in [3.63, 3.8) is 0 Å². The minimum atomic E-state index is 0.140. The molecule has 0 aliphatic rings. The summed E-state index contributed by atoms with van der Waals surface area (Å²) in [4.78, 5) is 4.50. The zero-order valence-electron chi connectivity index (χ0n) is 17.6. The maximum absolute atomic E-state index is 9.82. The van der Waals surface area contributed by atoms with Gasteiger partial charge < -0.3 is 24.7 Å². The molecule has 1 heterocycles. The molecule has 0 fully saturated rings. The van der Waals surface area contributed by atoms with Crippen molar-refractivity contribution in [2.45, 2.75) is 6.92 Å². The number of ether oxygens (including phenoxy) is 4. The summed E-state index contributed by atoms with van der Waals surface area (Å²) >= 11 is 0. The predicted molar refractivity (Wildman–Crippen MR) is 115 cm³/mol. The van der Waals surface area contributed by atoms with Gasteiger partial charge in [0.2, 0.25) is 5.75 Å². The average molecular weight is 405 g/mol. The second-order valence-corrected chi connectivity index (χ2v) is 6.44. The van der Waals surface area contributed by atoms with Crippen molar-refractivity contribution in [3.8, 4) is 51.5 Å². The molecule has 3 rings (SSSR count). The minimum Gasteiger partial charge on any atom is -0.497 e. The van der Waals surface area contributed by atoms with Gasteiger partial charge in [0.25, 0.3) is 0 Å². The largest absolute Gasteiger partial charge is 0.497 e. The van der Waals surface area contributed by atoms with E-state index in [1.54, 1.807) is 20.3 Å². The lowest BCUT2D eigenvalue weighted by Crippen LogP contribution is -2.05. The van der Waals surface area contributed by atoms with Crippen LogP contribution >= 0.6 is 0 Å². The first-order valence-corrected chi connectivity index (χ1v) is 9.14. The summed E-state index contributed by atoms with van der Waals surface area (Å²) in [6, 6.07) is 13.3. The van der Waals surface area contributed by atoms with Crippen LogP contribution in [-0.4, -0.2) is 33.4 Å². The third-order valence-electron chi connectivity index (χ3n) is 4.92. The van der Waals surface area contributed by atoms with Crippen molar-refractivity contribution in [3.05, 3.63) is 47.5 Å². The number of benzene rings is 2. The normalized spacial score (nSPS) is 10.3. The van der Waals surface area contributed by atoms with E-state index in [0.717, 1.165) is 16.9 Å². The number of nitrogen functional groups attached to an aromatic ring is 1. The van der Waals surface area contributed by atoms with Gasteiger partial charge in [-0.3, -0.25) is 0 Å². The van der Waals surface area contributed by atoms with Crippen molar-refractivity contribution >= 4 is 5.82 Å². The van der Waals surface area contributed by atoms with E-state index in [4.69, 9.17) is 24.7 Å². The molecular formula is C23H23N3O4. The summed E-state index contributed by atoms with van der Waals surface area (Å²) in [6.07, 6.45) is 0. The maximum Gasteiger partial charge on any atom is 0.203 e. The molecule has 2 aromatic carbocycles. The monoisotopic (exact) mass is 405 g/mol. The highest BCUT2D eigenvalue weighted by Crippen LogP contribution is 2.47. The highest BCUT2D eigenvalue weighted by molar-refractivity contribution is 5.88. The highest BCUT2D eigenvalue weighted by atomic mass is 16.5. The number of anilines is 1. The van der Waals surface area contributed by atoms with E-state index in [-0.39, 0.29) is 11.4 Å². The van der Waals surface area contributed by atoms with Gasteiger partial charge in [0.05, 0.1) is 34.1 Å². The molecule has 2 N–H and O–H groups in total. The first-order chi connectivity index (χ1) is 14.5. The van der Waals surface area contributed by atoms with E-state index >= 15 is 0 Å². The van der Waals surface area contributed by atoms with Crippen molar-refractivity contribution in [1.82, 2.24) is 4.98 Å². The summed E-state index contributed by atoms with van der Waals surface area (Å²) in [5, 5.41) is 9.82. The topological polar surface area (TPSA) is 99.6 Å². The van der Waals surface area contributed by atoms with Gasteiger partial charge in [-0.05, 0) is 48.9 Å². The van der Waals surface area contributed by atoms with Crippen LogP contribution in [0.1, 0.15) is 11.1 Å². The smallest absolute Gasteiger partial charge is 0.203 e. The molecule has 7 nitrogen and oxygen atoms in total.